The summed E-state index contributed by atoms with van der Waals surface area (Å²) in [5.41, 5.74) is 1.32. The first kappa shape index (κ1) is 25.9. The average molecular weight is 524 g/mol. The Morgan fingerprint density at radius 1 is 0.576 bits per heavy atom. The predicted octanol–water partition coefficient (Wildman–Crippen LogP) is 6.17. The SMILES string of the molecule is O/C(=N/N=C/c1cccs1)c1ccccc1.O/C(=N/N=C/c1cccs1)c1ccccc1.[Cu]. The Labute approximate surface area is 210 Å². The minimum absolute atomic E-state index is 0. The fourth-order valence-corrected chi connectivity index (χ4v) is 3.46. The van der Waals surface area contributed by atoms with Crippen LogP contribution in [0.15, 0.2) is 116 Å². The molecule has 33 heavy (non-hydrogen) atoms. The summed E-state index contributed by atoms with van der Waals surface area (Å²) in [6.45, 7) is 0. The van der Waals surface area contributed by atoms with Crippen LogP contribution in [0.1, 0.15) is 20.9 Å². The molecule has 0 spiro atoms. The van der Waals surface area contributed by atoms with E-state index >= 15 is 0 Å². The third-order valence-electron chi connectivity index (χ3n) is 3.83. The monoisotopic (exact) mass is 523 g/mol. The standard InChI is InChI=1S/2C12H10N2OS.Cu/c2*15-12(10-5-2-1-3-6-10)14-13-9-11-7-4-8-16-11;/h2*1-9H,(H,14,15);/b2*13-9+;. The normalized spacial score (nSPS) is 11.8. The number of hydrogen-bond acceptors (Lipinski definition) is 6. The molecule has 0 aliphatic rings. The molecule has 2 N–H and O–H groups in total. The van der Waals surface area contributed by atoms with Crippen LogP contribution in [0.4, 0.5) is 0 Å². The van der Waals surface area contributed by atoms with E-state index in [1.807, 2.05) is 71.4 Å². The molecule has 4 aromatic rings. The van der Waals surface area contributed by atoms with Crippen molar-refractivity contribution in [3.05, 3.63) is 117 Å². The van der Waals surface area contributed by atoms with E-state index < -0.39 is 0 Å². The Bertz CT molecular complexity index is 1080. The molecule has 0 amide bonds. The van der Waals surface area contributed by atoms with Crippen molar-refractivity contribution in [3.8, 4) is 0 Å². The Balaban J connectivity index is 0.000000227. The second-order valence-corrected chi connectivity index (χ2v) is 8.06. The number of rotatable bonds is 6. The second kappa shape index (κ2) is 14.7. The third-order valence-corrected chi connectivity index (χ3v) is 5.44. The molecule has 0 atom stereocenters. The van der Waals surface area contributed by atoms with Gasteiger partial charge < -0.3 is 10.2 Å². The molecule has 0 saturated carbocycles. The summed E-state index contributed by atoms with van der Waals surface area (Å²) in [6.07, 6.45) is 3.23. The van der Waals surface area contributed by atoms with Gasteiger partial charge in [-0.1, -0.05) is 48.5 Å². The number of aliphatic hydroxyl groups excluding tert-OH is 2. The molecule has 0 saturated heterocycles. The van der Waals surface area contributed by atoms with E-state index in [-0.39, 0.29) is 28.9 Å². The largest absolute Gasteiger partial charge is 0.492 e. The Hall–Kier alpha value is -3.36. The van der Waals surface area contributed by atoms with Crippen LogP contribution in [0.2, 0.25) is 0 Å². The van der Waals surface area contributed by atoms with Gasteiger partial charge in [-0.25, -0.2) is 0 Å². The molecular formula is C24H20CuN4O2S2. The van der Waals surface area contributed by atoms with Gasteiger partial charge in [0, 0.05) is 37.9 Å². The van der Waals surface area contributed by atoms with Crippen LogP contribution in [0.25, 0.3) is 0 Å². The number of nitrogens with zero attached hydrogens (tertiary/aromatic N) is 4. The molecule has 0 aliphatic carbocycles. The van der Waals surface area contributed by atoms with Gasteiger partial charge in [0.1, 0.15) is 0 Å². The first-order valence-corrected chi connectivity index (χ1v) is 11.3. The van der Waals surface area contributed by atoms with Crippen molar-refractivity contribution in [2.75, 3.05) is 0 Å². The smallest absolute Gasteiger partial charge is 0.238 e. The van der Waals surface area contributed by atoms with Crippen molar-refractivity contribution in [2.45, 2.75) is 0 Å². The van der Waals surface area contributed by atoms with E-state index in [4.69, 9.17) is 0 Å². The van der Waals surface area contributed by atoms with Crippen LogP contribution in [0, 0.1) is 0 Å². The maximum Gasteiger partial charge on any atom is 0.238 e. The molecule has 2 heterocycles. The average Bonchev–Trinajstić information content (AvgIpc) is 3.55. The summed E-state index contributed by atoms with van der Waals surface area (Å²) in [5.74, 6) is -0.151. The number of thiophene rings is 2. The molecule has 6 nitrogen and oxygen atoms in total. The number of aliphatic hydroxyl groups is 2. The van der Waals surface area contributed by atoms with Crippen molar-refractivity contribution in [1.82, 2.24) is 0 Å². The molecule has 2 aromatic heterocycles. The van der Waals surface area contributed by atoms with Crippen molar-refractivity contribution in [3.63, 3.8) is 0 Å². The van der Waals surface area contributed by atoms with Crippen LogP contribution >= 0.6 is 22.7 Å². The Kier molecular flexibility index (Phi) is 11.5. The van der Waals surface area contributed by atoms with Crippen LogP contribution in [0.5, 0.6) is 0 Å². The predicted molar refractivity (Wildman–Crippen MR) is 135 cm³/mol. The zero-order valence-electron chi connectivity index (χ0n) is 17.2. The molecule has 0 unspecified atom stereocenters. The van der Waals surface area contributed by atoms with Gasteiger partial charge in [-0.3, -0.25) is 0 Å². The minimum Gasteiger partial charge on any atom is -0.492 e. The second-order valence-electron chi connectivity index (χ2n) is 6.10. The van der Waals surface area contributed by atoms with Gasteiger partial charge in [0.25, 0.3) is 0 Å². The topological polar surface area (TPSA) is 89.9 Å². The van der Waals surface area contributed by atoms with E-state index in [2.05, 4.69) is 20.4 Å². The fourth-order valence-electron chi connectivity index (χ4n) is 2.30. The molecule has 1 radical (unpaired) electrons. The van der Waals surface area contributed by atoms with E-state index in [9.17, 15) is 10.2 Å². The molecule has 2 aromatic carbocycles. The Morgan fingerprint density at radius 3 is 1.30 bits per heavy atom. The van der Waals surface area contributed by atoms with Crippen LogP contribution in [-0.2, 0) is 17.1 Å². The molecule has 4 rings (SSSR count). The molecule has 0 aliphatic heterocycles. The zero-order chi connectivity index (χ0) is 22.4. The van der Waals surface area contributed by atoms with Gasteiger partial charge in [-0.15, -0.1) is 32.9 Å². The summed E-state index contributed by atoms with van der Waals surface area (Å²) in [4.78, 5) is 2.01. The van der Waals surface area contributed by atoms with Crippen molar-refractivity contribution < 1.29 is 27.3 Å². The molecule has 0 bridgehead atoms. The van der Waals surface area contributed by atoms with Gasteiger partial charge in [-0.2, -0.15) is 10.2 Å². The molecule has 171 valence electrons. The first-order chi connectivity index (χ1) is 15.7. The number of hydrogen-bond donors (Lipinski definition) is 2. The summed E-state index contributed by atoms with van der Waals surface area (Å²) in [5, 5.41) is 38.2. The molecular weight excluding hydrogens is 504 g/mol. The zero-order valence-corrected chi connectivity index (χ0v) is 19.8. The molecule has 0 fully saturated rings. The number of benzene rings is 2. The fraction of sp³-hybridized carbons (Fsp3) is 0. The van der Waals surface area contributed by atoms with Crippen molar-refractivity contribution >= 4 is 46.9 Å². The first-order valence-electron chi connectivity index (χ1n) is 9.50. The van der Waals surface area contributed by atoms with Crippen LogP contribution in [-0.4, -0.2) is 34.4 Å². The Morgan fingerprint density at radius 2 is 0.970 bits per heavy atom. The minimum atomic E-state index is -0.0755. The maximum absolute atomic E-state index is 9.59. The summed E-state index contributed by atoms with van der Waals surface area (Å²) in [7, 11) is 0. The summed E-state index contributed by atoms with van der Waals surface area (Å²) in [6, 6.07) is 26.0. The molecule has 9 heteroatoms. The van der Waals surface area contributed by atoms with E-state index in [0.29, 0.717) is 11.1 Å². The summed E-state index contributed by atoms with van der Waals surface area (Å²) < 4.78 is 0. The van der Waals surface area contributed by atoms with Gasteiger partial charge in [-0.05, 0) is 47.2 Å². The van der Waals surface area contributed by atoms with Gasteiger partial charge in [0.2, 0.25) is 11.8 Å². The van der Waals surface area contributed by atoms with E-state index in [1.165, 1.54) is 0 Å². The van der Waals surface area contributed by atoms with Crippen molar-refractivity contribution in [1.29, 1.82) is 0 Å². The van der Waals surface area contributed by atoms with Crippen LogP contribution < -0.4 is 0 Å². The van der Waals surface area contributed by atoms with Gasteiger partial charge in [0.05, 0.1) is 12.4 Å². The van der Waals surface area contributed by atoms with Crippen molar-refractivity contribution in [2.24, 2.45) is 20.4 Å². The van der Waals surface area contributed by atoms with Gasteiger partial charge in [0.15, 0.2) is 0 Å². The third kappa shape index (κ3) is 9.34. The van der Waals surface area contributed by atoms with Crippen LogP contribution in [0.3, 0.4) is 0 Å². The maximum atomic E-state index is 9.59. The van der Waals surface area contributed by atoms with E-state index in [1.54, 1.807) is 59.4 Å². The van der Waals surface area contributed by atoms with Gasteiger partial charge >= 0.3 is 0 Å². The quantitative estimate of drug-likeness (QED) is 0.137. The summed E-state index contributed by atoms with van der Waals surface area (Å²) >= 11 is 3.14. The van der Waals surface area contributed by atoms with E-state index in [0.717, 1.165) is 9.75 Å².